The van der Waals surface area contributed by atoms with E-state index in [9.17, 15) is 8.42 Å². The van der Waals surface area contributed by atoms with E-state index < -0.39 is 10.0 Å². The molecule has 0 radical (unpaired) electrons. The van der Waals surface area contributed by atoms with Gasteiger partial charge in [0.2, 0.25) is 10.0 Å². The molecular formula is C16H18ClNO2S. The van der Waals surface area contributed by atoms with Gasteiger partial charge in [-0.25, -0.2) is 13.1 Å². The van der Waals surface area contributed by atoms with Crippen LogP contribution in [0.4, 0.5) is 0 Å². The van der Waals surface area contributed by atoms with Crippen LogP contribution in [0.3, 0.4) is 0 Å². The third kappa shape index (κ3) is 4.56. The Labute approximate surface area is 131 Å². The van der Waals surface area contributed by atoms with Gasteiger partial charge in [-0.3, -0.25) is 0 Å². The van der Waals surface area contributed by atoms with Gasteiger partial charge in [0, 0.05) is 11.1 Å². The minimum absolute atomic E-state index is 0.122. The second-order valence-electron chi connectivity index (χ2n) is 5.10. The molecule has 2 rings (SSSR count). The quantitative estimate of drug-likeness (QED) is 0.909. The zero-order valence-electron chi connectivity index (χ0n) is 12.0. The maximum absolute atomic E-state index is 12.3. The van der Waals surface area contributed by atoms with Crippen molar-refractivity contribution in [3.05, 3.63) is 70.2 Å². The van der Waals surface area contributed by atoms with Crippen molar-refractivity contribution in [3.63, 3.8) is 0 Å². The van der Waals surface area contributed by atoms with Gasteiger partial charge in [-0.1, -0.05) is 59.6 Å². The lowest BCUT2D eigenvalue weighted by Gasteiger charge is -2.15. The highest BCUT2D eigenvalue weighted by atomic mass is 35.5. The van der Waals surface area contributed by atoms with Crippen LogP contribution in [0.2, 0.25) is 5.02 Å². The van der Waals surface area contributed by atoms with E-state index in [1.165, 1.54) is 0 Å². The Kier molecular flexibility index (Phi) is 5.04. The number of sulfonamides is 1. The molecule has 0 aliphatic carbocycles. The van der Waals surface area contributed by atoms with E-state index in [4.69, 9.17) is 11.6 Å². The normalized spacial score (nSPS) is 13.1. The van der Waals surface area contributed by atoms with Gasteiger partial charge in [0.15, 0.2) is 0 Å². The van der Waals surface area contributed by atoms with Gasteiger partial charge < -0.3 is 0 Å². The van der Waals surface area contributed by atoms with E-state index in [-0.39, 0.29) is 11.8 Å². The van der Waals surface area contributed by atoms with Gasteiger partial charge in [-0.15, -0.1) is 0 Å². The van der Waals surface area contributed by atoms with Crippen molar-refractivity contribution >= 4 is 21.6 Å². The first-order valence-corrected chi connectivity index (χ1v) is 8.70. The second kappa shape index (κ2) is 6.60. The number of hydrogen-bond donors (Lipinski definition) is 1. The Balaban J connectivity index is 2.12. The van der Waals surface area contributed by atoms with Crippen molar-refractivity contribution in [1.29, 1.82) is 0 Å². The smallest absolute Gasteiger partial charge is 0.212 e. The van der Waals surface area contributed by atoms with Crippen molar-refractivity contribution < 1.29 is 8.42 Å². The van der Waals surface area contributed by atoms with Crippen molar-refractivity contribution in [2.24, 2.45) is 0 Å². The van der Waals surface area contributed by atoms with Crippen LogP contribution in [0, 0.1) is 6.92 Å². The zero-order valence-corrected chi connectivity index (χ0v) is 13.6. The van der Waals surface area contributed by atoms with E-state index in [1.54, 1.807) is 24.3 Å². The van der Waals surface area contributed by atoms with Crippen LogP contribution >= 0.6 is 11.6 Å². The van der Waals surface area contributed by atoms with Crippen LogP contribution in [0.1, 0.15) is 29.7 Å². The molecule has 0 spiro atoms. The van der Waals surface area contributed by atoms with Gasteiger partial charge in [0.25, 0.3) is 0 Å². The van der Waals surface area contributed by atoms with Gasteiger partial charge in [0.1, 0.15) is 0 Å². The maximum atomic E-state index is 12.3. The average Bonchev–Trinajstić information content (AvgIpc) is 2.40. The Morgan fingerprint density at radius 1 is 1.14 bits per heavy atom. The highest BCUT2D eigenvalue weighted by Crippen LogP contribution is 2.20. The molecule has 0 bridgehead atoms. The predicted molar refractivity (Wildman–Crippen MR) is 86.8 cm³/mol. The van der Waals surface area contributed by atoms with E-state index in [1.807, 2.05) is 38.1 Å². The summed E-state index contributed by atoms with van der Waals surface area (Å²) in [7, 11) is -3.45. The molecule has 5 heteroatoms. The molecule has 0 fully saturated rings. The Hall–Kier alpha value is -1.36. The van der Waals surface area contributed by atoms with E-state index in [0.717, 1.165) is 11.1 Å². The summed E-state index contributed by atoms with van der Waals surface area (Å²) in [5, 5.41) is 0.464. The average molecular weight is 324 g/mol. The largest absolute Gasteiger partial charge is 0.216 e. The topological polar surface area (TPSA) is 46.2 Å². The van der Waals surface area contributed by atoms with E-state index in [2.05, 4.69) is 4.72 Å². The summed E-state index contributed by atoms with van der Waals surface area (Å²) >= 11 is 6.01. The fourth-order valence-corrected chi connectivity index (χ4v) is 3.84. The number of halogens is 1. The first-order chi connectivity index (χ1) is 9.87. The molecular weight excluding hydrogens is 306 g/mol. The molecule has 0 aliphatic rings. The van der Waals surface area contributed by atoms with E-state index in [0.29, 0.717) is 10.6 Å². The molecule has 21 heavy (non-hydrogen) atoms. The first kappa shape index (κ1) is 16.0. The lowest BCUT2D eigenvalue weighted by Crippen LogP contribution is -2.28. The molecule has 0 aromatic heterocycles. The Morgan fingerprint density at radius 3 is 2.52 bits per heavy atom. The number of nitrogens with one attached hydrogen (secondary N) is 1. The summed E-state index contributed by atoms with van der Waals surface area (Å²) in [6.07, 6.45) is 0. The van der Waals surface area contributed by atoms with Crippen LogP contribution in [0.15, 0.2) is 48.5 Å². The molecule has 0 saturated carbocycles. The third-order valence-electron chi connectivity index (χ3n) is 3.20. The molecule has 2 aromatic carbocycles. The first-order valence-electron chi connectivity index (χ1n) is 6.67. The van der Waals surface area contributed by atoms with Gasteiger partial charge in [-0.05, 0) is 31.0 Å². The summed E-state index contributed by atoms with van der Waals surface area (Å²) in [5.41, 5.74) is 2.64. The molecule has 0 amide bonds. The van der Waals surface area contributed by atoms with Crippen LogP contribution in [0.5, 0.6) is 0 Å². The van der Waals surface area contributed by atoms with Crippen LogP contribution in [0.25, 0.3) is 0 Å². The van der Waals surface area contributed by atoms with Gasteiger partial charge in [-0.2, -0.15) is 0 Å². The minimum Gasteiger partial charge on any atom is -0.212 e. The van der Waals surface area contributed by atoms with Crippen molar-refractivity contribution in [2.75, 3.05) is 0 Å². The van der Waals surface area contributed by atoms with E-state index >= 15 is 0 Å². The minimum atomic E-state index is -3.45. The summed E-state index contributed by atoms with van der Waals surface area (Å²) in [4.78, 5) is 0. The number of benzene rings is 2. The lowest BCUT2D eigenvalue weighted by atomic mass is 10.1. The molecule has 0 aliphatic heterocycles. The molecule has 1 atom stereocenters. The lowest BCUT2D eigenvalue weighted by molar-refractivity contribution is 0.566. The fraction of sp³-hybridized carbons (Fsp3) is 0.250. The summed E-state index contributed by atoms with van der Waals surface area (Å²) in [5.74, 6) is -0.122. The predicted octanol–water partition coefficient (Wildman–Crippen LogP) is 3.83. The number of hydrogen-bond acceptors (Lipinski definition) is 2. The standard InChI is InChI=1S/C16H18ClNO2S/c1-12-6-5-8-14(10-12)13(2)18-21(19,20)11-15-7-3-4-9-16(15)17/h3-10,13,18H,11H2,1-2H3/t13-/m0/s1. The molecule has 3 nitrogen and oxygen atoms in total. The van der Waals surface area contributed by atoms with Crippen molar-refractivity contribution in [1.82, 2.24) is 4.72 Å². The Morgan fingerprint density at radius 2 is 1.86 bits per heavy atom. The highest BCUT2D eigenvalue weighted by Gasteiger charge is 2.17. The van der Waals surface area contributed by atoms with Crippen LogP contribution in [-0.2, 0) is 15.8 Å². The number of aryl methyl sites for hydroxylation is 1. The SMILES string of the molecule is Cc1cccc([C@H](C)NS(=O)(=O)Cc2ccccc2Cl)c1. The number of rotatable bonds is 5. The van der Waals surface area contributed by atoms with Crippen LogP contribution in [-0.4, -0.2) is 8.42 Å². The summed E-state index contributed by atoms with van der Waals surface area (Å²) in [6, 6.07) is 14.5. The molecule has 0 unspecified atom stereocenters. The molecule has 1 N–H and O–H groups in total. The van der Waals surface area contributed by atoms with Crippen molar-refractivity contribution in [3.8, 4) is 0 Å². The Bertz CT molecular complexity index is 729. The van der Waals surface area contributed by atoms with Crippen LogP contribution < -0.4 is 4.72 Å². The van der Waals surface area contributed by atoms with Gasteiger partial charge in [0.05, 0.1) is 5.75 Å². The monoisotopic (exact) mass is 323 g/mol. The van der Waals surface area contributed by atoms with Gasteiger partial charge >= 0.3 is 0 Å². The molecule has 2 aromatic rings. The van der Waals surface area contributed by atoms with Crippen molar-refractivity contribution in [2.45, 2.75) is 25.6 Å². The molecule has 0 heterocycles. The third-order valence-corrected chi connectivity index (χ3v) is 4.97. The molecule has 112 valence electrons. The molecule has 0 saturated heterocycles. The maximum Gasteiger partial charge on any atom is 0.216 e. The second-order valence-corrected chi connectivity index (χ2v) is 7.27. The summed E-state index contributed by atoms with van der Waals surface area (Å²) < 4.78 is 27.2. The summed E-state index contributed by atoms with van der Waals surface area (Å²) in [6.45, 7) is 3.81. The zero-order chi connectivity index (χ0) is 15.5. The fourth-order valence-electron chi connectivity index (χ4n) is 2.14. The highest BCUT2D eigenvalue weighted by molar-refractivity contribution is 7.88.